The zero-order valence-electron chi connectivity index (χ0n) is 22.3. The Bertz CT molecular complexity index is 1520. The maximum absolute atomic E-state index is 14.1. The van der Waals surface area contributed by atoms with E-state index < -0.39 is 5.54 Å². The van der Waals surface area contributed by atoms with Gasteiger partial charge in [0.15, 0.2) is 0 Å². The van der Waals surface area contributed by atoms with E-state index in [2.05, 4.69) is 5.32 Å². The Kier molecular flexibility index (Phi) is 7.34. The second kappa shape index (κ2) is 10.9. The molecule has 9 heteroatoms. The summed E-state index contributed by atoms with van der Waals surface area (Å²) in [7, 11) is 3.21. The van der Waals surface area contributed by atoms with Crippen molar-refractivity contribution in [2.75, 3.05) is 25.4 Å². The highest BCUT2D eigenvalue weighted by Gasteiger charge is 2.49. The van der Waals surface area contributed by atoms with Crippen molar-refractivity contribution < 1.29 is 19.1 Å². The van der Waals surface area contributed by atoms with Crippen molar-refractivity contribution in [2.24, 2.45) is 0 Å². The van der Waals surface area contributed by atoms with Crippen LogP contribution in [0, 0.1) is 0 Å². The first-order valence-electron chi connectivity index (χ1n) is 12.5. The maximum Gasteiger partial charge on any atom is 0.277 e. The Morgan fingerprint density at radius 1 is 1.03 bits per heavy atom. The Morgan fingerprint density at radius 2 is 1.79 bits per heavy atom. The molecule has 0 spiro atoms. The Morgan fingerprint density at radius 3 is 2.51 bits per heavy atom. The Balaban J connectivity index is 1.54. The predicted octanol–water partition coefficient (Wildman–Crippen LogP) is 5.02. The normalized spacial score (nSPS) is 16.5. The number of benzene rings is 3. The van der Waals surface area contributed by atoms with Crippen LogP contribution in [0.2, 0.25) is 0 Å². The lowest BCUT2D eigenvalue weighted by Crippen LogP contribution is -2.64. The molecule has 2 amide bonds. The standard InChI is InChI=1S/C30H30N4O4S/c1-30(29(36)31-18-21-8-5-6-11-27(21)38-3)19-33-26(17-25(32-33)20-12-14-23(37-2)15-13-20)28(35)34(30)22-9-7-10-24(16-22)39-4/h5-17H,18-19H2,1-4H3,(H,31,36)/t30-/m1/s1. The van der Waals surface area contributed by atoms with Gasteiger partial charge in [-0.25, -0.2) is 0 Å². The lowest BCUT2D eigenvalue weighted by Gasteiger charge is -2.43. The molecule has 39 heavy (non-hydrogen) atoms. The number of fused-ring (bicyclic) bond motifs is 1. The molecule has 8 nitrogen and oxygen atoms in total. The number of hydrogen-bond acceptors (Lipinski definition) is 6. The van der Waals surface area contributed by atoms with E-state index in [1.807, 2.05) is 79.1 Å². The number of nitrogens with one attached hydrogen (secondary N) is 1. The number of anilines is 1. The number of hydrogen-bond donors (Lipinski definition) is 1. The molecule has 1 aliphatic rings. The number of methoxy groups -OCH3 is 2. The molecular formula is C30H30N4O4S. The molecule has 2 heterocycles. The van der Waals surface area contributed by atoms with Crippen LogP contribution >= 0.6 is 11.8 Å². The van der Waals surface area contributed by atoms with E-state index in [0.717, 1.165) is 21.8 Å². The number of amides is 2. The first kappa shape index (κ1) is 26.4. The molecule has 1 N–H and O–H groups in total. The molecule has 0 aliphatic carbocycles. The third-order valence-corrected chi connectivity index (χ3v) is 7.70. The van der Waals surface area contributed by atoms with Crippen LogP contribution < -0.4 is 19.7 Å². The smallest absolute Gasteiger partial charge is 0.277 e. The van der Waals surface area contributed by atoms with Crippen LogP contribution in [0.25, 0.3) is 11.3 Å². The van der Waals surface area contributed by atoms with Crippen molar-refractivity contribution in [2.45, 2.75) is 30.4 Å². The van der Waals surface area contributed by atoms with Crippen LogP contribution in [0.15, 0.2) is 83.8 Å². The average molecular weight is 543 g/mol. The molecule has 3 aromatic carbocycles. The Hall–Kier alpha value is -4.24. The van der Waals surface area contributed by atoms with Crippen LogP contribution in [-0.4, -0.2) is 47.6 Å². The molecule has 0 fully saturated rings. The molecule has 4 aromatic rings. The number of para-hydroxylation sites is 1. The fraction of sp³-hybridized carbons (Fsp3) is 0.233. The van der Waals surface area contributed by atoms with Gasteiger partial charge in [-0.1, -0.05) is 24.3 Å². The van der Waals surface area contributed by atoms with Gasteiger partial charge in [-0.15, -0.1) is 11.8 Å². The zero-order valence-corrected chi connectivity index (χ0v) is 23.1. The number of rotatable bonds is 8. The van der Waals surface area contributed by atoms with E-state index in [4.69, 9.17) is 14.6 Å². The van der Waals surface area contributed by atoms with Gasteiger partial charge in [0.1, 0.15) is 22.7 Å². The first-order valence-corrected chi connectivity index (χ1v) is 13.7. The highest BCUT2D eigenvalue weighted by atomic mass is 32.2. The summed E-state index contributed by atoms with van der Waals surface area (Å²) >= 11 is 1.58. The molecule has 1 aliphatic heterocycles. The topological polar surface area (TPSA) is 85.7 Å². The number of carbonyl (C=O) groups excluding carboxylic acids is 2. The van der Waals surface area contributed by atoms with E-state index in [-0.39, 0.29) is 24.9 Å². The van der Waals surface area contributed by atoms with Gasteiger partial charge in [0.05, 0.1) is 26.5 Å². The van der Waals surface area contributed by atoms with Crippen molar-refractivity contribution >= 4 is 29.3 Å². The monoisotopic (exact) mass is 542 g/mol. The summed E-state index contributed by atoms with van der Waals surface area (Å²) in [6.45, 7) is 2.23. The number of carbonyl (C=O) groups is 2. The van der Waals surface area contributed by atoms with Gasteiger partial charge in [-0.3, -0.25) is 19.2 Å². The lowest BCUT2D eigenvalue weighted by molar-refractivity contribution is -0.126. The van der Waals surface area contributed by atoms with Crippen LogP contribution in [0.1, 0.15) is 23.0 Å². The van der Waals surface area contributed by atoms with Gasteiger partial charge >= 0.3 is 0 Å². The molecule has 200 valence electrons. The highest BCUT2D eigenvalue weighted by Crippen LogP contribution is 2.36. The van der Waals surface area contributed by atoms with Crippen molar-refractivity contribution in [1.29, 1.82) is 0 Å². The molecule has 0 unspecified atom stereocenters. The number of thioether (sulfide) groups is 1. The van der Waals surface area contributed by atoms with E-state index in [1.165, 1.54) is 0 Å². The van der Waals surface area contributed by atoms with Crippen molar-refractivity contribution in [3.05, 3.63) is 90.1 Å². The second-order valence-electron chi connectivity index (χ2n) is 9.41. The third-order valence-electron chi connectivity index (χ3n) is 6.97. The van der Waals surface area contributed by atoms with Gasteiger partial charge in [0.25, 0.3) is 5.91 Å². The maximum atomic E-state index is 14.1. The van der Waals surface area contributed by atoms with E-state index in [9.17, 15) is 9.59 Å². The molecular weight excluding hydrogens is 512 g/mol. The van der Waals surface area contributed by atoms with Crippen LogP contribution in [0.4, 0.5) is 5.69 Å². The van der Waals surface area contributed by atoms with Gasteiger partial charge in [-0.05, 0) is 67.8 Å². The molecule has 0 bridgehead atoms. The minimum Gasteiger partial charge on any atom is -0.497 e. The lowest BCUT2D eigenvalue weighted by atomic mass is 9.93. The quantitative estimate of drug-likeness (QED) is 0.315. The van der Waals surface area contributed by atoms with E-state index in [0.29, 0.717) is 22.8 Å². The minimum absolute atomic E-state index is 0.186. The highest BCUT2D eigenvalue weighted by molar-refractivity contribution is 7.98. The van der Waals surface area contributed by atoms with Crippen molar-refractivity contribution in [3.63, 3.8) is 0 Å². The van der Waals surface area contributed by atoms with Gasteiger partial charge in [-0.2, -0.15) is 5.10 Å². The predicted molar refractivity (Wildman–Crippen MR) is 152 cm³/mol. The van der Waals surface area contributed by atoms with Crippen molar-refractivity contribution in [1.82, 2.24) is 15.1 Å². The fourth-order valence-corrected chi connectivity index (χ4v) is 5.31. The first-order chi connectivity index (χ1) is 18.9. The molecule has 0 saturated heterocycles. The number of ether oxygens (including phenoxy) is 2. The van der Waals surface area contributed by atoms with E-state index in [1.54, 1.807) is 48.6 Å². The third kappa shape index (κ3) is 4.97. The number of nitrogens with zero attached hydrogens (tertiary/aromatic N) is 3. The molecule has 0 saturated carbocycles. The summed E-state index contributed by atoms with van der Waals surface area (Å²) in [5.74, 6) is 0.841. The van der Waals surface area contributed by atoms with Crippen LogP contribution in [0.5, 0.6) is 11.5 Å². The largest absolute Gasteiger partial charge is 0.497 e. The summed E-state index contributed by atoms with van der Waals surface area (Å²) in [5, 5.41) is 7.78. The van der Waals surface area contributed by atoms with E-state index >= 15 is 0 Å². The van der Waals surface area contributed by atoms with Crippen LogP contribution in [-0.2, 0) is 17.9 Å². The number of aromatic nitrogens is 2. The van der Waals surface area contributed by atoms with Crippen LogP contribution in [0.3, 0.4) is 0 Å². The zero-order chi connectivity index (χ0) is 27.6. The molecule has 1 atom stereocenters. The van der Waals surface area contributed by atoms with Gasteiger partial charge in [0.2, 0.25) is 5.91 Å². The molecule has 5 rings (SSSR count). The second-order valence-corrected chi connectivity index (χ2v) is 10.3. The fourth-order valence-electron chi connectivity index (χ4n) is 4.85. The van der Waals surface area contributed by atoms with Gasteiger partial charge in [0, 0.05) is 28.3 Å². The molecule has 0 radical (unpaired) electrons. The minimum atomic E-state index is -1.24. The summed E-state index contributed by atoms with van der Waals surface area (Å²) in [4.78, 5) is 30.6. The van der Waals surface area contributed by atoms with Crippen molar-refractivity contribution in [3.8, 4) is 22.8 Å². The Labute approximate surface area is 231 Å². The van der Waals surface area contributed by atoms with Gasteiger partial charge < -0.3 is 14.8 Å². The summed E-state index contributed by atoms with van der Waals surface area (Å²) in [5.41, 5.74) is 2.18. The SMILES string of the molecule is COc1ccc(-c2cc3n(n2)C[C@](C)(C(=O)NCc2ccccc2OC)N(c2cccc(SC)c2)C3=O)cc1. The average Bonchev–Trinajstić information content (AvgIpc) is 3.40. The summed E-state index contributed by atoms with van der Waals surface area (Å²) < 4.78 is 12.4. The molecule has 1 aromatic heterocycles. The summed E-state index contributed by atoms with van der Waals surface area (Å²) in [6, 6.07) is 24.5. The summed E-state index contributed by atoms with van der Waals surface area (Å²) in [6.07, 6.45) is 1.98.